The van der Waals surface area contributed by atoms with Crippen LogP contribution in [0.2, 0.25) is 19.6 Å². The Kier molecular flexibility index (Phi) is 2.50. The summed E-state index contributed by atoms with van der Waals surface area (Å²) >= 11 is 0. The van der Waals surface area contributed by atoms with Crippen molar-refractivity contribution in [2.75, 3.05) is 0 Å². The van der Waals surface area contributed by atoms with Crippen molar-refractivity contribution < 1.29 is 0 Å². The van der Waals surface area contributed by atoms with Gasteiger partial charge in [-0.2, -0.15) is 0 Å². The molecule has 0 aromatic heterocycles. The number of hydrogen-bond acceptors (Lipinski definition) is 0. The Bertz CT molecular complexity index is 214. The molecule has 1 aliphatic rings. The van der Waals surface area contributed by atoms with Gasteiger partial charge in [0.05, 0.1) is 8.07 Å². The molecule has 11 heavy (non-hydrogen) atoms. The van der Waals surface area contributed by atoms with E-state index in [1.807, 2.05) is 0 Å². The molecule has 0 fully saturated rings. The van der Waals surface area contributed by atoms with Gasteiger partial charge in [-0.1, -0.05) is 55.2 Å². The molecule has 0 nitrogen and oxygen atoms in total. The number of allylic oxidation sites excluding steroid dienone is 5. The van der Waals surface area contributed by atoms with Gasteiger partial charge in [0.25, 0.3) is 0 Å². The highest BCUT2D eigenvalue weighted by Crippen LogP contribution is 2.14. The van der Waals surface area contributed by atoms with Gasteiger partial charge in [-0.05, 0) is 6.42 Å². The molecule has 0 saturated heterocycles. The van der Waals surface area contributed by atoms with Crippen LogP contribution in [0.4, 0.5) is 0 Å². The molecule has 0 aromatic rings. The van der Waals surface area contributed by atoms with Gasteiger partial charge in [0.2, 0.25) is 0 Å². The quantitative estimate of drug-likeness (QED) is 0.522. The predicted octanol–water partition coefficient (Wildman–Crippen LogP) is 3.31. The number of hydrogen-bond donors (Lipinski definition) is 0. The van der Waals surface area contributed by atoms with Crippen LogP contribution in [0.1, 0.15) is 6.42 Å². The highest BCUT2D eigenvalue weighted by atomic mass is 28.3. The summed E-state index contributed by atoms with van der Waals surface area (Å²) in [4.78, 5) is 0. The maximum absolute atomic E-state index is 2.47. The molecule has 0 atom stereocenters. The van der Waals surface area contributed by atoms with Gasteiger partial charge < -0.3 is 0 Å². The Hall–Kier alpha value is -0.563. The van der Waals surface area contributed by atoms with Crippen molar-refractivity contribution in [3.63, 3.8) is 0 Å². The topological polar surface area (TPSA) is 0 Å². The first kappa shape index (κ1) is 8.53. The fourth-order valence-electron chi connectivity index (χ4n) is 1.19. The highest BCUT2D eigenvalue weighted by molar-refractivity contribution is 6.81. The van der Waals surface area contributed by atoms with Crippen LogP contribution in [0.5, 0.6) is 0 Å². The third-order valence-corrected chi connectivity index (χ3v) is 2.77. The van der Waals surface area contributed by atoms with Gasteiger partial charge >= 0.3 is 0 Å². The molecular formula is C10H16Si. The molecule has 0 amide bonds. The summed E-state index contributed by atoms with van der Waals surface area (Å²) in [5.41, 5.74) is 3.96. The molecule has 0 heterocycles. The lowest BCUT2D eigenvalue weighted by molar-refractivity contribution is 1.27. The maximum Gasteiger partial charge on any atom is 0.0690 e. The average Bonchev–Trinajstić information content (AvgIpc) is 1.85. The smallest absolute Gasteiger partial charge is 0.0690 e. The Morgan fingerprint density at radius 2 is 2.00 bits per heavy atom. The first-order valence-electron chi connectivity index (χ1n) is 4.13. The minimum absolute atomic E-state index is 0.992. The fraction of sp³-hybridized carbons (Fsp3) is 0.400. The van der Waals surface area contributed by atoms with Crippen LogP contribution >= 0.6 is 0 Å². The van der Waals surface area contributed by atoms with Crippen LogP contribution in [0.3, 0.4) is 0 Å². The molecule has 0 saturated carbocycles. The Morgan fingerprint density at radius 1 is 1.27 bits per heavy atom. The van der Waals surface area contributed by atoms with E-state index < -0.39 is 8.07 Å². The molecular weight excluding hydrogens is 148 g/mol. The molecule has 60 valence electrons. The van der Waals surface area contributed by atoms with E-state index in [0.29, 0.717) is 0 Å². The minimum atomic E-state index is -0.992. The van der Waals surface area contributed by atoms with Gasteiger partial charge in [0.15, 0.2) is 0 Å². The zero-order valence-corrected chi connectivity index (χ0v) is 8.59. The van der Waals surface area contributed by atoms with Crippen LogP contribution in [0, 0.1) is 0 Å². The first-order valence-corrected chi connectivity index (χ1v) is 7.71. The summed E-state index contributed by atoms with van der Waals surface area (Å²) in [6, 6.07) is 0. The third kappa shape index (κ3) is 3.37. The zero-order chi connectivity index (χ0) is 8.32. The van der Waals surface area contributed by atoms with Gasteiger partial charge in [-0.3, -0.25) is 0 Å². The summed E-state index contributed by atoms with van der Waals surface area (Å²) < 4.78 is 0. The van der Waals surface area contributed by atoms with Crippen LogP contribution in [0.15, 0.2) is 35.6 Å². The van der Waals surface area contributed by atoms with Crippen molar-refractivity contribution >= 4 is 8.07 Å². The summed E-state index contributed by atoms with van der Waals surface area (Å²) in [7, 11) is -0.992. The first-order chi connectivity index (χ1) is 5.08. The Morgan fingerprint density at radius 3 is 2.45 bits per heavy atom. The summed E-state index contributed by atoms with van der Waals surface area (Å²) in [6.07, 6.45) is 9.79. The standard InChI is InChI=1S/C10H16Si/c1-11(2,3)9-10-7-5-4-6-8-10/h4-7,9H,8H2,1-3H3/b10-9+. The third-order valence-electron chi connectivity index (χ3n) is 1.53. The van der Waals surface area contributed by atoms with E-state index in [-0.39, 0.29) is 0 Å². The Balaban J connectivity index is 2.69. The monoisotopic (exact) mass is 164 g/mol. The lowest BCUT2D eigenvalue weighted by Crippen LogP contribution is -2.16. The lowest BCUT2D eigenvalue weighted by atomic mass is 10.1. The van der Waals surface area contributed by atoms with Crippen LogP contribution in [0.25, 0.3) is 0 Å². The van der Waals surface area contributed by atoms with Gasteiger partial charge in [-0.15, -0.1) is 0 Å². The zero-order valence-electron chi connectivity index (χ0n) is 7.59. The molecule has 0 bridgehead atoms. The minimum Gasteiger partial charge on any atom is -0.0916 e. The van der Waals surface area contributed by atoms with E-state index in [1.165, 1.54) is 5.57 Å². The SMILES string of the molecule is C[Si](C)(C)/C=C1\C=CC=CC1. The lowest BCUT2D eigenvalue weighted by Gasteiger charge is -2.12. The molecule has 0 spiro atoms. The van der Waals surface area contributed by atoms with Gasteiger partial charge in [-0.25, -0.2) is 0 Å². The van der Waals surface area contributed by atoms with Crippen molar-refractivity contribution in [3.8, 4) is 0 Å². The molecule has 0 aromatic carbocycles. The number of rotatable bonds is 1. The van der Waals surface area contributed by atoms with E-state index in [9.17, 15) is 0 Å². The molecule has 1 heteroatoms. The second kappa shape index (κ2) is 3.22. The van der Waals surface area contributed by atoms with E-state index >= 15 is 0 Å². The summed E-state index contributed by atoms with van der Waals surface area (Å²) in [5.74, 6) is 0. The molecule has 0 unspecified atom stereocenters. The molecule has 0 aliphatic heterocycles. The van der Waals surface area contributed by atoms with Crippen molar-refractivity contribution in [2.24, 2.45) is 0 Å². The van der Waals surface area contributed by atoms with Crippen LogP contribution in [-0.4, -0.2) is 8.07 Å². The van der Waals surface area contributed by atoms with E-state index in [4.69, 9.17) is 0 Å². The van der Waals surface area contributed by atoms with E-state index in [1.54, 1.807) is 0 Å². The maximum atomic E-state index is 2.47. The van der Waals surface area contributed by atoms with Crippen molar-refractivity contribution in [2.45, 2.75) is 26.1 Å². The molecule has 1 rings (SSSR count). The van der Waals surface area contributed by atoms with Crippen LogP contribution < -0.4 is 0 Å². The molecule has 0 radical (unpaired) electrons. The van der Waals surface area contributed by atoms with E-state index in [2.05, 4.69) is 49.6 Å². The normalized spacial score (nSPS) is 21.2. The molecule has 0 N–H and O–H groups in total. The summed E-state index contributed by atoms with van der Waals surface area (Å²) in [5, 5.41) is 0. The van der Waals surface area contributed by atoms with Crippen molar-refractivity contribution in [1.29, 1.82) is 0 Å². The van der Waals surface area contributed by atoms with Crippen LogP contribution in [-0.2, 0) is 0 Å². The largest absolute Gasteiger partial charge is 0.0916 e. The average molecular weight is 164 g/mol. The fourth-order valence-corrected chi connectivity index (χ4v) is 2.52. The van der Waals surface area contributed by atoms with Gasteiger partial charge in [0.1, 0.15) is 0 Å². The Labute approximate surface area is 70.3 Å². The van der Waals surface area contributed by atoms with Crippen molar-refractivity contribution in [3.05, 3.63) is 35.6 Å². The summed E-state index contributed by atoms with van der Waals surface area (Å²) in [6.45, 7) is 7.10. The van der Waals surface area contributed by atoms with E-state index in [0.717, 1.165) is 6.42 Å². The predicted molar refractivity (Wildman–Crippen MR) is 54.3 cm³/mol. The second-order valence-corrected chi connectivity index (χ2v) is 9.10. The van der Waals surface area contributed by atoms with Crippen molar-refractivity contribution in [1.82, 2.24) is 0 Å². The second-order valence-electron chi connectivity index (χ2n) is 4.08. The highest BCUT2D eigenvalue weighted by Gasteiger charge is 2.09. The van der Waals surface area contributed by atoms with Gasteiger partial charge in [0, 0.05) is 0 Å². The molecule has 1 aliphatic carbocycles.